The van der Waals surface area contributed by atoms with Gasteiger partial charge >= 0.3 is 5.97 Å². The van der Waals surface area contributed by atoms with Crippen LogP contribution in [0.4, 0.5) is 0 Å². The van der Waals surface area contributed by atoms with Gasteiger partial charge in [0.25, 0.3) is 0 Å². The number of aromatic nitrogens is 2. The largest absolute Gasteiger partial charge is 0.481 e. The summed E-state index contributed by atoms with van der Waals surface area (Å²) < 4.78 is 0. The molecular formula is C16H19N3O3. The molecular weight excluding hydrogens is 282 g/mol. The van der Waals surface area contributed by atoms with E-state index in [-0.39, 0.29) is 23.8 Å². The van der Waals surface area contributed by atoms with E-state index in [2.05, 4.69) is 15.3 Å². The Balaban J connectivity index is 1.37. The van der Waals surface area contributed by atoms with Crippen LogP contribution in [0.15, 0.2) is 6.20 Å². The summed E-state index contributed by atoms with van der Waals surface area (Å²) in [5, 5.41) is 12.2. The number of carbonyl (C=O) groups is 2. The summed E-state index contributed by atoms with van der Waals surface area (Å²) in [4.78, 5) is 32.2. The Labute approximate surface area is 128 Å². The van der Waals surface area contributed by atoms with E-state index in [1.165, 1.54) is 0 Å². The van der Waals surface area contributed by atoms with Crippen molar-refractivity contribution in [2.24, 2.45) is 17.3 Å². The quantitative estimate of drug-likeness (QED) is 0.864. The van der Waals surface area contributed by atoms with E-state index >= 15 is 0 Å². The van der Waals surface area contributed by atoms with Gasteiger partial charge in [-0.25, -0.2) is 9.97 Å². The first-order chi connectivity index (χ1) is 10.5. The van der Waals surface area contributed by atoms with Crippen LogP contribution < -0.4 is 5.32 Å². The van der Waals surface area contributed by atoms with Gasteiger partial charge in [0.2, 0.25) is 5.91 Å². The molecule has 0 saturated heterocycles. The third-order valence-corrected chi connectivity index (χ3v) is 5.60. The van der Waals surface area contributed by atoms with E-state index in [4.69, 9.17) is 5.11 Å². The molecule has 1 heterocycles. The summed E-state index contributed by atoms with van der Waals surface area (Å²) >= 11 is 0. The molecule has 0 aliphatic heterocycles. The summed E-state index contributed by atoms with van der Waals surface area (Å²) in [6, 6.07) is 0.0549. The number of aliphatic carboxylic acids is 1. The molecule has 4 atom stereocenters. The van der Waals surface area contributed by atoms with Crippen LogP contribution in [0.1, 0.15) is 36.3 Å². The molecule has 116 valence electrons. The van der Waals surface area contributed by atoms with Crippen molar-refractivity contribution < 1.29 is 14.7 Å². The molecule has 22 heavy (non-hydrogen) atoms. The first-order valence-electron chi connectivity index (χ1n) is 7.85. The van der Waals surface area contributed by atoms with Crippen LogP contribution in [-0.2, 0) is 22.4 Å². The predicted octanol–water partition coefficient (Wildman–Crippen LogP) is 0.869. The van der Waals surface area contributed by atoms with E-state index in [9.17, 15) is 9.59 Å². The Morgan fingerprint density at radius 1 is 1.41 bits per heavy atom. The van der Waals surface area contributed by atoms with Crippen LogP contribution in [0.5, 0.6) is 0 Å². The van der Waals surface area contributed by atoms with Gasteiger partial charge in [-0.15, -0.1) is 0 Å². The predicted molar refractivity (Wildman–Crippen MR) is 77.0 cm³/mol. The lowest BCUT2D eigenvalue weighted by atomic mass is 9.79. The maximum absolute atomic E-state index is 12.4. The SMILES string of the molecule is Cc1ncc2c(n1)CCC(C(=O)N[C@@H]1C[C@@]3(C(=O)O)C[C@@H]13)C2. The monoisotopic (exact) mass is 301 g/mol. The molecule has 1 unspecified atom stereocenters. The number of nitrogens with one attached hydrogen (secondary N) is 1. The van der Waals surface area contributed by atoms with Crippen LogP contribution in [0.25, 0.3) is 0 Å². The lowest BCUT2D eigenvalue weighted by Crippen LogP contribution is -2.50. The maximum atomic E-state index is 12.4. The van der Waals surface area contributed by atoms with Crippen molar-refractivity contribution >= 4 is 11.9 Å². The second-order valence-corrected chi connectivity index (χ2v) is 6.92. The number of fused-ring (bicyclic) bond motifs is 2. The zero-order valence-electron chi connectivity index (χ0n) is 12.5. The number of rotatable bonds is 3. The zero-order chi connectivity index (χ0) is 15.5. The minimum atomic E-state index is -0.706. The Bertz CT molecular complexity index is 675. The number of hydrogen-bond donors (Lipinski definition) is 2. The number of aryl methyl sites for hydroxylation is 2. The number of carboxylic acids is 1. The van der Waals surface area contributed by atoms with Crippen LogP contribution in [0.2, 0.25) is 0 Å². The van der Waals surface area contributed by atoms with Gasteiger partial charge in [-0.1, -0.05) is 0 Å². The number of carbonyl (C=O) groups excluding carboxylic acids is 1. The summed E-state index contributed by atoms with van der Waals surface area (Å²) in [5.41, 5.74) is 1.62. The van der Waals surface area contributed by atoms with Crippen molar-refractivity contribution in [3.8, 4) is 0 Å². The van der Waals surface area contributed by atoms with Crippen LogP contribution in [-0.4, -0.2) is 33.0 Å². The third kappa shape index (κ3) is 1.93. The van der Waals surface area contributed by atoms with E-state index in [1.54, 1.807) is 0 Å². The van der Waals surface area contributed by atoms with E-state index in [0.29, 0.717) is 19.3 Å². The lowest BCUT2D eigenvalue weighted by Gasteiger charge is -2.34. The second kappa shape index (κ2) is 4.51. The average Bonchev–Trinajstić information content (AvgIpc) is 3.10. The Morgan fingerprint density at radius 3 is 2.91 bits per heavy atom. The molecule has 2 N–H and O–H groups in total. The van der Waals surface area contributed by atoms with Crippen LogP contribution in [0, 0.1) is 24.2 Å². The third-order valence-electron chi connectivity index (χ3n) is 5.60. The molecule has 6 nitrogen and oxygen atoms in total. The highest BCUT2D eigenvalue weighted by Gasteiger charge is 2.72. The fraction of sp³-hybridized carbons (Fsp3) is 0.625. The second-order valence-electron chi connectivity index (χ2n) is 6.92. The highest BCUT2D eigenvalue weighted by atomic mass is 16.4. The lowest BCUT2D eigenvalue weighted by molar-refractivity contribution is -0.148. The fourth-order valence-corrected chi connectivity index (χ4v) is 4.09. The molecule has 1 aromatic rings. The first-order valence-corrected chi connectivity index (χ1v) is 7.85. The standard InChI is InChI=1S/C16H19N3O3/c1-8-17-7-10-4-9(2-3-12(10)18-8)14(20)19-13-6-16(15(21)22)5-11(13)16/h7,9,11,13H,2-6H2,1H3,(H,19,20)(H,21,22)/t9?,11-,13+,16-/m0/s1. The number of nitrogens with zero attached hydrogens (tertiary/aromatic N) is 2. The molecule has 1 amide bonds. The van der Waals surface area contributed by atoms with Gasteiger partial charge in [-0.2, -0.15) is 0 Å². The van der Waals surface area contributed by atoms with Gasteiger partial charge in [-0.3, -0.25) is 9.59 Å². The van der Waals surface area contributed by atoms with Gasteiger partial charge in [-0.05, 0) is 50.5 Å². The number of hydrogen-bond acceptors (Lipinski definition) is 4. The Morgan fingerprint density at radius 2 is 2.23 bits per heavy atom. The molecule has 1 aromatic heterocycles. The van der Waals surface area contributed by atoms with Crippen molar-refractivity contribution in [1.82, 2.24) is 15.3 Å². The number of carboxylic acid groups (broad SMARTS) is 1. The van der Waals surface area contributed by atoms with Crippen molar-refractivity contribution in [1.29, 1.82) is 0 Å². The molecule has 0 spiro atoms. The average molecular weight is 301 g/mol. The van der Waals surface area contributed by atoms with Crippen molar-refractivity contribution in [3.63, 3.8) is 0 Å². The summed E-state index contributed by atoms with van der Waals surface area (Å²) in [7, 11) is 0. The van der Waals surface area contributed by atoms with Crippen LogP contribution in [0.3, 0.4) is 0 Å². The normalized spacial score (nSPS) is 34.9. The number of amides is 1. The fourth-order valence-electron chi connectivity index (χ4n) is 4.09. The van der Waals surface area contributed by atoms with Crippen molar-refractivity contribution in [2.75, 3.05) is 0 Å². The minimum Gasteiger partial charge on any atom is -0.481 e. The van der Waals surface area contributed by atoms with E-state index in [0.717, 1.165) is 29.9 Å². The van der Waals surface area contributed by atoms with Gasteiger partial charge in [0.05, 0.1) is 5.41 Å². The highest BCUT2D eigenvalue weighted by molar-refractivity contribution is 5.84. The van der Waals surface area contributed by atoms with E-state index < -0.39 is 11.4 Å². The molecule has 3 aliphatic rings. The van der Waals surface area contributed by atoms with E-state index in [1.807, 2.05) is 13.1 Å². The smallest absolute Gasteiger partial charge is 0.310 e. The maximum Gasteiger partial charge on any atom is 0.310 e. The van der Waals surface area contributed by atoms with Gasteiger partial charge < -0.3 is 10.4 Å². The Hall–Kier alpha value is -1.98. The Kier molecular flexibility index (Phi) is 2.80. The molecule has 0 radical (unpaired) electrons. The van der Waals surface area contributed by atoms with Gasteiger partial charge in [0.1, 0.15) is 5.82 Å². The summed E-state index contributed by atoms with van der Waals surface area (Å²) in [6.45, 7) is 1.88. The minimum absolute atomic E-state index is 0.0441. The van der Waals surface area contributed by atoms with Crippen molar-refractivity contribution in [3.05, 3.63) is 23.3 Å². The molecule has 2 saturated carbocycles. The topological polar surface area (TPSA) is 92.2 Å². The molecule has 2 fully saturated rings. The van der Waals surface area contributed by atoms with Gasteiger partial charge in [0, 0.05) is 23.9 Å². The molecule has 4 rings (SSSR count). The van der Waals surface area contributed by atoms with Crippen molar-refractivity contribution in [2.45, 2.75) is 45.1 Å². The zero-order valence-corrected chi connectivity index (χ0v) is 12.5. The van der Waals surface area contributed by atoms with Crippen LogP contribution >= 0.6 is 0 Å². The summed E-state index contributed by atoms with van der Waals surface area (Å²) in [6.07, 6.45) is 5.43. The summed E-state index contributed by atoms with van der Waals surface area (Å²) in [5.74, 6) is 0.229. The highest BCUT2D eigenvalue weighted by Crippen LogP contribution is 2.67. The van der Waals surface area contributed by atoms with Gasteiger partial charge in [0.15, 0.2) is 0 Å². The molecule has 0 bridgehead atoms. The first kappa shape index (κ1) is 13.7. The molecule has 0 aromatic carbocycles. The molecule has 6 heteroatoms. The molecule has 3 aliphatic carbocycles.